The van der Waals surface area contributed by atoms with E-state index in [0.29, 0.717) is 12.0 Å². The minimum Gasteiger partial charge on any atom is -0.361 e. The van der Waals surface area contributed by atoms with E-state index in [4.69, 9.17) is 0 Å². The van der Waals surface area contributed by atoms with E-state index in [1.54, 1.807) is 0 Å². The lowest BCUT2D eigenvalue weighted by molar-refractivity contribution is 0.0553. The van der Waals surface area contributed by atoms with Crippen LogP contribution in [0.1, 0.15) is 37.0 Å². The maximum absolute atomic E-state index is 12.8. The second-order valence-corrected chi connectivity index (χ2v) is 5.61. The molecule has 1 aromatic heterocycles. The van der Waals surface area contributed by atoms with Crippen molar-refractivity contribution in [2.45, 2.75) is 32.7 Å². The van der Waals surface area contributed by atoms with Gasteiger partial charge in [0.1, 0.15) is 0 Å². The van der Waals surface area contributed by atoms with Crippen LogP contribution in [0.15, 0.2) is 30.5 Å². The first-order valence-electron chi connectivity index (χ1n) is 7.05. The molecular formula is C16H20N2O. The van der Waals surface area contributed by atoms with Crippen molar-refractivity contribution in [1.82, 2.24) is 9.88 Å². The molecule has 1 N–H and O–H groups in total. The van der Waals surface area contributed by atoms with Crippen LogP contribution in [0.5, 0.6) is 0 Å². The molecule has 0 saturated carbocycles. The standard InChI is InChI=1S/C16H20N2O/c1-11-5-4-10-18(12(11)2)16(19)14-7-3-6-13-8-9-17-15(13)14/h3,6-9,11-12,17H,4-5,10H2,1-2H3. The van der Waals surface area contributed by atoms with Crippen molar-refractivity contribution in [3.8, 4) is 0 Å². The Kier molecular flexibility index (Phi) is 3.05. The third-order valence-electron chi connectivity index (χ3n) is 4.45. The van der Waals surface area contributed by atoms with Gasteiger partial charge >= 0.3 is 0 Å². The summed E-state index contributed by atoms with van der Waals surface area (Å²) in [6, 6.07) is 8.25. The molecule has 1 aliphatic rings. The number of nitrogens with one attached hydrogen (secondary N) is 1. The van der Waals surface area contributed by atoms with E-state index in [-0.39, 0.29) is 5.91 Å². The molecule has 2 atom stereocenters. The Balaban J connectivity index is 1.97. The van der Waals surface area contributed by atoms with E-state index < -0.39 is 0 Å². The van der Waals surface area contributed by atoms with E-state index >= 15 is 0 Å². The fraction of sp³-hybridized carbons (Fsp3) is 0.438. The number of amides is 1. The Labute approximate surface area is 113 Å². The second-order valence-electron chi connectivity index (χ2n) is 5.61. The first-order chi connectivity index (χ1) is 9.18. The molecule has 0 aliphatic carbocycles. The van der Waals surface area contributed by atoms with Crippen LogP contribution >= 0.6 is 0 Å². The first kappa shape index (κ1) is 12.3. The van der Waals surface area contributed by atoms with E-state index in [1.807, 2.05) is 35.4 Å². The van der Waals surface area contributed by atoms with E-state index in [2.05, 4.69) is 18.8 Å². The van der Waals surface area contributed by atoms with Crippen molar-refractivity contribution in [2.24, 2.45) is 5.92 Å². The van der Waals surface area contributed by atoms with Gasteiger partial charge in [0.05, 0.1) is 11.1 Å². The van der Waals surface area contributed by atoms with Crippen LogP contribution in [0.25, 0.3) is 10.9 Å². The second kappa shape index (κ2) is 4.72. The number of fused-ring (bicyclic) bond motifs is 1. The number of aromatic amines is 1. The van der Waals surface area contributed by atoms with Crippen LogP contribution < -0.4 is 0 Å². The zero-order valence-corrected chi connectivity index (χ0v) is 11.5. The monoisotopic (exact) mass is 256 g/mol. The molecule has 0 spiro atoms. The lowest BCUT2D eigenvalue weighted by Gasteiger charge is -2.38. The number of carbonyl (C=O) groups excluding carboxylic acids is 1. The van der Waals surface area contributed by atoms with Crippen LogP contribution in [-0.2, 0) is 0 Å². The molecule has 3 rings (SSSR count). The summed E-state index contributed by atoms with van der Waals surface area (Å²) in [5.41, 5.74) is 1.75. The first-order valence-corrected chi connectivity index (χ1v) is 7.05. The molecule has 2 unspecified atom stereocenters. The molecule has 1 fully saturated rings. The maximum Gasteiger partial charge on any atom is 0.256 e. The summed E-state index contributed by atoms with van der Waals surface area (Å²) in [7, 11) is 0. The van der Waals surface area contributed by atoms with Gasteiger partial charge in [0.15, 0.2) is 0 Å². The average Bonchev–Trinajstić information content (AvgIpc) is 2.89. The Morgan fingerprint density at radius 3 is 3.00 bits per heavy atom. The smallest absolute Gasteiger partial charge is 0.256 e. The Morgan fingerprint density at radius 2 is 2.16 bits per heavy atom. The van der Waals surface area contributed by atoms with Crippen molar-refractivity contribution >= 4 is 16.8 Å². The predicted octanol–water partition coefficient (Wildman–Crippen LogP) is 3.43. The summed E-state index contributed by atoms with van der Waals surface area (Å²) in [5.74, 6) is 0.743. The van der Waals surface area contributed by atoms with Crippen molar-refractivity contribution in [2.75, 3.05) is 6.54 Å². The van der Waals surface area contributed by atoms with Crippen LogP contribution in [0.2, 0.25) is 0 Å². The molecule has 1 saturated heterocycles. The van der Waals surface area contributed by atoms with Crippen LogP contribution in [-0.4, -0.2) is 28.4 Å². The number of H-pyrrole nitrogens is 1. The fourth-order valence-electron chi connectivity index (χ4n) is 3.04. The van der Waals surface area contributed by atoms with Gasteiger partial charge < -0.3 is 9.88 Å². The highest BCUT2D eigenvalue weighted by atomic mass is 16.2. The molecule has 2 heterocycles. The van der Waals surface area contributed by atoms with Gasteiger partial charge in [-0.3, -0.25) is 4.79 Å². The van der Waals surface area contributed by atoms with E-state index in [1.165, 1.54) is 6.42 Å². The number of piperidine rings is 1. The Morgan fingerprint density at radius 1 is 1.32 bits per heavy atom. The highest BCUT2D eigenvalue weighted by molar-refractivity contribution is 6.05. The minimum absolute atomic E-state index is 0.159. The molecule has 3 nitrogen and oxygen atoms in total. The van der Waals surface area contributed by atoms with Crippen molar-refractivity contribution in [3.63, 3.8) is 0 Å². The third-order valence-corrected chi connectivity index (χ3v) is 4.45. The summed E-state index contributed by atoms with van der Waals surface area (Å²) in [5, 5.41) is 1.10. The lowest BCUT2D eigenvalue weighted by atomic mass is 9.91. The average molecular weight is 256 g/mol. The van der Waals surface area contributed by atoms with Gasteiger partial charge in [0, 0.05) is 24.2 Å². The van der Waals surface area contributed by atoms with Crippen molar-refractivity contribution in [3.05, 3.63) is 36.0 Å². The van der Waals surface area contributed by atoms with Gasteiger partial charge in [-0.05, 0) is 37.8 Å². The zero-order valence-electron chi connectivity index (χ0n) is 11.5. The molecule has 1 aromatic carbocycles. The predicted molar refractivity (Wildman–Crippen MR) is 77.2 cm³/mol. The molecular weight excluding hydrogens is 236 g/mol. The van der Waals surface area contributed by atoms with Crippen molar-refractivity contribution in [1.29, 1.82) is 0 Å². The van der Waals surface area contributed by atoms with Gasteiger partial charge in [0.25, 0.3) is 5.91 Å². The number of nitrogens with zero attached hydrogens (tertiary/aromatic N) is 1. The van der Waals surface area contributed by atoms with Gasteiger partial charge in [-0.25, -0.2) is 0 Å². The molecule has 0 bridgehead atoms. The molecule has 2 aromatic rings. The number of rotatable bonds is 1. The van der Waals surface area contributed by atoms with E-state index in [0.717, 1.165) is 29.4 Å². The number of aromatic nitrogens is 1. The topological polar surface area (TPSA) is 36.1 Å². The highest BCUT2D eigenvalue weighted by Gasteiger charge is 2.29. The maximum atomic E-state index is 12.8. The number of para-hydroxylation sites is 1. The van der Waals surface area contributed by atoms with Crippen LogP contribution in [0.3, 0.4) is 0 Å². The van der Waals surface area contributed by atoms with Crippen LogP contribution in [0, 0.1) is 5.92 Å². The quantitative estimate of drug-likeness (QED) is 0.833. The number of hydrogen-bond acceptors (Lipinski definition) is 1. The molecule has 0 radical (unpaired) electrons. The fourth-order valence-corrected chi connectivity index (χ4v) is 3.04. The lowest BCUT2D eigenvalue weighted by Crippen LogP contribution is -2.46. The van der Waals surface area contributed by atoms with Gasteiger partial charge in [0.2, 0.25) is 0 Å². The van der Waals surface area contributed by atoms with Gasteiger partial charge in [-0.1, -0.05) is 19.1 Å². The molecule has 1 aliphatic heterocycles. The highest BCUT2D eigenvalue weighted by Crippen LogP contribution is 2.26. The SMILES string of the molecule is CC1CCCN(C(=O)c2cccc3cc[nH]c23)C1C. The number of benzene rings is 1. The number of likely N-dealkylation sites (tertiary alicyclic amines) is 1. The zero-order chi connectivity index (χ0) is 13.4. The summed E-state index contributed by atoms with van der Waals surface area (Å²) < 4.78 is 0. The van der Waals surface area contributed by atoms with Gasteiger partial charge in [-0.15, -0.1) is 0 Å². The summed E-state index contributed by atoms with van der Waals surface area (Å²) in [6.07, 6.45) is 4.22. The normalized spacial score (nSPS) is 23.8. The Hall–Kier alpha value is -1.77. The largest absolute Gasteiger partial charge is 0.361 e. The van der Waals surface area contributed by atoms with E-state index in [9.17, 15) is 4.79 Å². The molecule has 3 heteroatoms. The summed E-state index contributed by atoms with van der Waals surface area (Å²) >= 11 is 0. The third kappa shape index (κ3) is 2.03. The number of hydrogen-bond donors (Lipinski definition) is 1. The summed E-state index contributed by atoms with van der Waals surface area (Å²) in [6.45, 7) is 5.28. The molecule has 100 valence electrons. The number of carbonyl (C=O) groups is 1. The Bertz CT molecular complexity index is 602. The summed E-state index contributed by atoms with van der Waals surface area (Å²) in [4.78, 5) is 18.0. The van der Waals surface area contributed by atoms with Gasteiger partial charge in [-0.2, -0.15) is 0 Å². The molecule has 1 amide bonds. The van der Waals surface area contributed by atoms with Crippen molar-refractivity contribution < 1.29 is 4.79 Å². The minimum atomic E-state index is 0.159. The molecule has 19 heavy (non-hydrogen) atoms. The van der Waals surface area contributed by atoms with Crippen LogP contribution in [0.4, 0.5) is 0 Å².